The van der Waals surface area contributed by atoms with Gasteiger partial charge in [-0.2, -0.15) is 0 Å². The second-order valence-corrected chi connectivity index (χ2v) is 8.18. The van der Waals surface area contributed by atoms with Gasteiger partial charge in [-0.15, -0.1) is 11.8 Å². The summed E-state index contributed by atoms with van der Waals surface area (Å²) in [6.45, 7) is -0.390. The fraction of sp³-hybridized carbons (Fsp3) is 0.167. The molecule has 1 amide bonds. The molecule has 0 saturated heterocycles. The minimum Gasteiger partial charge on any atom is -0.456 e. The topological polar surface area (TPSA) is 104 Å². The Bertz CT molecular complexity index is 1060. The van der Waals surface area contributed by atoms with Gasteiger partial charge in [0.15, 0.2) is 6.61 Å². The summed E-state index contributed by atoms with van der Waals surface area (Å²) in [7, 11) is 0. The van der Waals surface area contributed by atoms with Gasteiger partial charge in [-0.1, -0.05) is 11.6 Å². The van der Waals surface area contributed by atoms with Gasteiger partial charge < -0.3 is 20.0 Å². The molecule has 0 atom stereocenters. The maximum absolute atomic E-state index is 12.0. The molecule has 7 nitrogen and oxygen atoms in total. The fourth-order valence-electron chi connectivity index (χ4n) is 2.34. The van der Waals surface area contributed by atoms with Gasteiger partial charge in [0.05, 0.1) is 23.1 Å². The first-order chi connectivity index (χ1) is 13.4. The lowest BCUT2D eigenvalue weighted by molar-refractivity contribution is -0.146. The first kappa shape index (κ1) is 20.5. The molecule has 0 spiro atoms. The summed E-state index contributed by atoms with van der Waals surface area (Å²) < 4.78 is 5.59. The number of nitrogens with one attached hydrogen (secondary N) is 3. The fourth-order valence-corrected chi connectivity index (χ4v) is 3.74. The molecule has 0 aliphatic rings. The number of anilines is 1. The van der Waals surface area contributed by atoms with E-state index in [9.17, 15) is 14.4 Å². The van der Waals surface area contributed by atoms with Crippen molar-refractivity contribution in [3.63, 3.8) is 0 Å². The Hall–Kier alpha value is -2.23. The van der Waals surface area contributed by atoms with Crippen LogP contribution in [0.5, 0.6) is 0 Å². The monoisotopic (exact) mass is 483 g/mol. The molecule has 0 aliphatic carbocycles. The predicted molar refractivity (Wildman–Crippen MR) is 113 cm³/mol. The Morgan fingerprint density at radius 1 is 1.14 bits per heavy atom. The number of ether oxygens (including phenoxy) is 1. The minimum atomic E-state index is -0.475. The summed E-state index contributed by atoms with van der Waals surface area (Å²) in [5.41, 5.74) is 1.29. The summed E-state index contributed by atoms with van der Waals surface area (Å²) in [6.07, 6.45) is 0.181. The molecule has 1 aromatic heterocycles. The van der Waals surface area contributed by atoms with Gasteiger partial charge in [0.1, 0.15) is 0 Å². The van der Waals surface area contributed by atoms with Crippen LogP contribution in [0.15, 0.2) is 50.6 Å². The molecule has 0 fully saturated rings. The average Bonchev–Trinajstić information content (AvgIpc) is 3.01. The zero-order valence-corrected chi connectivity index (χ0v) is 17.5. The Morgan fingerprint density at radius 2 is 1.82 bits per heavy atom. The van der Waals surface area contributed by atoms with Crippen LogP contribution in [0, 0.1) is 0 Å². The smallest absolute Gasteiger partial charge is 0.323 e. The molecule has 0 saturated carbocycles. The zero-order chi connectivity index (χ0) is 20.1. The Kier molecular flexibility index (Phi) is 6.82. The number of carbonyl (C=O) groups excluding carboxylic acids is 2. The second kappa shape index (κ2) is 9.31. The lowest BCUT2D eigenvalue weighted by Gasteiger charge is -2.08. The number of halogens is 2. The van der Waals surface area contributed by atoms with Crippen molar-refractivity contribution >= 4 is 67.9 Å². The van der Waals surface area contributed by atoms with Crippen molar-refractivity contribution < 1.29 is 14.3 Å². The minimum absolute atomic E-state index is 0.181. The number of esters is 1. The van der Waals surface area contributed by atoms with E-state index >= 15 is 0 Å². The van der Waals surface area contributed by atoms with Gasteiger partial charge in [0, 0.05) is 20.1 Å². The third kappa shape index (κ3) is 5.63. The van der Waals surface area contributed by atoms with Crippen molar-refractivity contribution in [3.8, 4) is 0 Å². The number of benzene rings is 2. The van der Waals surface area contributed by atoms with Crippen LogP contribution in [0.3, 0.4) is 0 Å². The van der Waals surface area contributed by atoms with Crippen LogP contribution < -0.4 is 11.0 Å². The maximum atomic E-state index is 12.0. The highest BCUT2D eigenvalue weighted by atomic mass is 79.9. The van der Waals surface area contributed by atoms with Gasteiger partial charge in [-0.25, -0.2) is 4.79 Å². The van der Waals surface area contributed by atoms with E-state index in [4.69, 9.17) is 16.3 Å². The highest BCUT2D eigenvalue weighted by Crippen LogP contribution is 2.26. The van der Waals surface area contributed by atoms with Gasteiger partial charge in [-0.3, -0.25) is 9.59 Å². The lowest BCUT2D eigenvalue weighted by atomic mass is 10.2. The molecule has 3 N–H and O–H groups in total. The number of thioether (sulfide) groups is 1. The number of hydrogen-bond acceptors (Lipinski definition) is 5. The Labute approximate surface area is 177 Å². The molecule has 146 valence electrons. The van der Waals surface area contributed by atoms with E-state index < -0.39 is 18.5 Å². The standard InChI is InChI=1S/C18H15BrClN3O4S/c19-12-7-14-15(23-18(26)22-14)8-13(12)21-16(24)9-27-17(25)5-6-28-11-3-1-10(20)2-4-11/h1-4,7-8H,5-6,9H2,(H,21,24)(H2,22,23,26). The maximum Gasteiger partial charge on any atom is 0.323 e. The molecule has 0 bridgehead atoms. The van der Waals surface area contributed by atoms with Crippen molar-refractivity contribution in [2.24, 2.45) is 0 Å². The molecule has 0 aliphatic heterocycles. The highest BCUT2D eigenvalue weighted by Gasteiger charge is 2.11. The van der Waals surface area contributed by atoms with Crippen molar-refractivity contribution in [2.75, 3.05) is 17.7 Å². The zero-order valence-electron chi connectivity index (χ0n) is 14.4. The summed E-state index contributed by atoms with van der Waals surface area (Å²) in [5, 5.41) is 3.29. The van der Waals surface area contributed by atoms with Crippen LogP contribution in [0.2, 0.25) is 5.02 Å². The number of carbonyl (C=O) groups is 2. The van der Waals surface area contributed by atoms with Gasteiger partial charge in [0.25, 0.3) is 5.91 Å². The number of fused-ring (bicyclic) bond motifs is 1. The van der Waals surface area contributed by atoms with E-state index in [1.165, 1.54) is 11.8 Å². The Morgan fingerprint density at radius 3 is 2.54 bits per heavy atom. The van der Waals surface area contributed by atoms with Crippen LogP contribution >= 0.6 is 39.3 Å². The van der Waals surface area contributed by atoms with Crippen molar-refractivity contribution in [3.05, 3.63) is 56.4 Å². The summed E-state index contributed by atoms with van der Waals surface area (Å²) in [4.78, 5) is 41.4. The summed E-state index contributed by atoms with van der Waals surface area (Å²) in [5.74, 6) is -0.400. The number of hydrogen-bond donors (Lipinski definition) is 3. The second-order valence-electron chi connectivity index (χ2n) is 5.72. The number of amides is 1. The third-order valence-electron chi connectivity index (χ3n) is 3.63. The van der Waals surface area contributed by atoms with Gasteiger partial charge in [-0.05, 0) is 52.3 Å². The summed E-state index contributed by atoms with van der Waals surface area (Å²) in [6, 6.07) is 10.6. The van der Waals surface area contributed by atoms with Crippen molar-refractivity contribution in [2.45, 2.75) is 11.3 Å². The van der Waals surface area contributed by atoms with Crippen molar-refractivity contribution in [1.29, 1.82) is 0 Å². The van der Waals surface area contributed by atoms with E-state index in [-0.39, 0.29) is 12.1 Å². The first-order valence-corrected chi connectivity index (χ1v) is 10.3. The van der Waals surface area contributed by atoms with Crippen LogP contribution in [0.4, 0.5) is 5.69 Å². The van der Waals surface area contributed by atoms with E-state index in [0.717, 1.165) is 4.90 Å². The number of aromatic nitrogens is 2. The first-order valence-electron chi connectivity index (χ1n) is 8.16. The predicted octanol–water partition coefficient (Wildman–Crippen LogP) is 3.94. The molecule has 28 heavy (non-hydrogen) atoms. The van der Waals surface area contributed by atoms with E-state index in [1.807, 2.05) is 12.1 Å². The van der Waals surface area contributed by atoms with Crippen molar-refractivity contribution in [1.82, 2.24) is 9.97 Å². The number of H-pyrrole nitrogens is 2. The molecule has 0 unspecified atom stereocenters. The van der Waals surface area contributed by atoms with Crippen LogP contribution in [-0.4, -0.2) is 34.2 Å². The summed E-state index contributed by atoms with van der Waals surface area (Å²) >= 11 is 10.7. The number of aromatic amines is 2. The lowest BCUT2D eigenvalue weighted by Crippen LogP contribution is -2.21. The normalized spacial score (nSPS) is 10.8. The average molecular weight is 485 g/mol. The molecule has 10 heteroatoms. The van der Waals surface area contributed by atoms with E-state index in [2.05, 4.69) is 31.2 Å². The van der Waals surface area contributed by atoms with Crippen LogP contribution in [0.1, 0.15) is 6.42 Å². The van der Waals surface area contributed by atoms with Gasteiger partial charge >= 0.3 is 11.7 Å². The molecule has 3 aromatic rings. The number of imidazole rings is 1. The largest absolute Gasteiger partial charge is 0.456 e. The highest BCUT2D eigenvalue weighted by molar-refractivity contribution is 9.10. The molecule has 3 rings (SSSR count). The Balaban J connectivity index is 1.44. The third-order valence-corrected chi connectivity index (χ3v) is 5.55. The molecule has 2 aromatic carbocycles. The van der Waals surface area contributed by atoms with E-state index in [1.54, 1.807) is 24.3 Å². The quantitative estimate of drug-likeness (QED) is 0.348. The van der Waals surface area contributed by atoms with Gasteiger partial charge in [0.2, 0.25) is 0 Å². The SMILES string of the molecule is O=C(COC(=O)CCSc1ccc(Cl)cc1)Nc1cc2[nH]c(=O)[nH]c2cc1Br. The van der Waals surface area contributed by atoms with Crippen LogP contribution in [-0.2, 0) is 14.3 Å². The molecular formula is C18H15BrClN3O4S. The van der Waals surface area contributed by atoms with E-state index in [0.29, 0.717) is 32.0 Å². The molecular weight excluding hydrogens is 470 g/mol. The van der Waals surface area contributed by atoms with Crippen LogP contribution in [0.25, 0.3) is 11.0 Å². The molecule has 0 radical (unpaired) electrons. The number of rotatable bonds is 7. The molecule has 1 heterocycles.